The molecule has 0 N–H and O–H groups in total. The average Bonchev–Trinajstić information content (AvgIpc) is 3.06. The Morgan fingerprint density at radius 2 is 1.85 bits per heavy atom. The van der Waals surface area contributed by atoms with Crippen molar-refractivity contribution >= 4 is 11.9 Å². The van der Waals surface area contributed by atoms with Crippen molar-refractivity contribution in [3.05, 3.63) is 41.5 Å². The lowest BCUT2D eigenvalue weighted by molar-refractivity contribution is -0.138. The predicted molar refractivity (Wildman–Crippen MR) is 99.2 cm³/mol. The van der Waals surface area contributed by atoms with E-state index in [0.717, 1.165) is 11.1 Å². The van der Waals surface area contributed by atoms with Crippen molar-refractivity contribution in [1.29, 1.82) is 0 Å². The second-order valence-corrected chi connectivity index (χ2v) is 6.36. The third-order valence-electron chi connectivity index (χ3n) is 4.71. The Bertz CT molecular complexity index is 886. The average molecular weight is 370 g/mol. The van der Waals surface area contributed by atoms with Gasteiger partial charge in [0, 0.05) is 11.1 Å². The minimum atomic E-state index is -0.343. The molecule has 0 saturated carbocycles. The molecule has 142 valence electrons. The van der Waals surface area contributed by atoms with E-state index in [9.17, 15) is 9.59 Å². The van der Waals surface area contributed by atoms with Crippen LogP contribution >= 0.6 is 0 Å². The molecule has 1 unspecified atom stereocenters. The molecule has 0 spiro atoms. The van der Waals surface area contributed by atoms with E-state index in [2.05, 4.69) is 0 Å². The van der Waals surface area contributed by atoms with Gasteiger partial charge in [0.15, 0.2) is 11.5 Å². The molecular formula is C21H22O6. The molecule has 1 aliphatic rings. The fourth-order valence-corrected chi connectivity index (χ4v) is 2.90. The van der Waals surface area contributed by atoms with E-state index < -0.39 is 0 Å². The lowest BCUT2D eigenvalue weighted by Crippen LogP contribution is -2.18. The molecule has 0 fully saturated rings. The van der Waals surface area contributed by atoms with Crippen LogP contribution in [0.1, 0.15) is 36.2 Å². The zero-order valence-electron chi connectivity index (χ0n) is 15.8. The molecule has 0 aromatic heterocycles. The molecule has 0 amide bonds. The zero-order chi connectivity index (χ0) is 19.6. The van der Waals surface area contributed by atoms with E-state index in [-0.39, 0.29) is 24.5 Å². The van der Waals surface area contributed by atoms with Crippen LogP contribution in [0.25, 0.3) is 11.1 Å². The third-order valence-corrected chi connectivity index (χ3v) is 4.71. The summed E-state index contributed by atoms with van der Waals surface area (Å²) in [6, 6.07) is 8.94. The molecule has 6 nitrogen and oxygen atoms in total. The van der Waals surface area contributed by atoms with Gasteiger partial charge < -0.3 is 18.9 Å². The topological polar surface area (TPSA) is 71.1 Å². The SMILES string of the molecule is CCC(C)C(=O)Oc1c(-c2ccc3c(c2)COC3=O)ccc(OC)c1OC. The number of hydrogen-bond donors (Lipinski definition) is 0. The summed E-state index contributed by atoms with van der Waals surface area (Å²) in [6.45, 7) is 3.97. The summed E-state index contributed by atoms with van der Waals surface area (Å²) < 4.78 is 21.6. The predicted octanol–water partition coefficient (Wildman–Crippen LogP) is 3.99. The molecule has 2 aromatic rings. The standard InChI is InChI=1S/C21H22O6/c1-5-12(2)20(22)27-18-15(8-9-17(24-3)19(18)25-4)13-6-7-16-14(10-13)11-26-21(16)23/h6-10,12H,5,11H2,1-4H3. The van der Waals surface area contributed by atoms with Crippen LogP contribution in [0.4, 0.5) is 0 Å². The minimum absolute atomic E-state index is 0.233. The summed E-state index contributed by atoms with van der Waals surface area (Å²) >= 11 is 0. The van der Waals surface area contributed by atoms with E-state index in [1.807, 2.05) is 19.9 Å². The van der Waals surface area contributed by atoms with Crippen molar-refractivity contribution in [2.24, 2.45) is 5.92 Å². The van der Waals surface area contributed by atoms with Gasteiger partial charge >= 0.3 is 11.9 Å². The lowest BCUT2D eigenvalue weighted by Gasteiger charge is -2.18. The highest BCUT2D eigenvalue weighted by Gasteiger charge is 2.25. The third kappa shape index (κ3) is 3.47. The maximum Gasteiger partial charge on any atom is 0.338 e. The van der Waals surface area contributed by atoms with E-state index in [1.165, 1.54) is 14.2 Å². The first kappa shape index (κ1) is 18.8. The fourth-order valence-electron chi connectivity index (χ4n) is 2.90. The van der Waals surface area contributed by atoms with Crippen LogP contribution in [0.15, 0.2) is 30.3 Å². The summed E-state index contributed by atoms with van der Waals surface area (Å²) in [7, 11) is 3.02. The maximum atomic E-state index is 12.4. The molecule has 0 saturated heterocycles. The highest BCUT2D eigenvalue weighted by molar-refractivity contribution is 5.94. The number of carbonyl (C=O) groups excluding carboxylic acids is 2. The van der Waals surface area contributed by atoms with Gasteiger partial charge in [0.1, 0.15) is 6.61 Å². The first-order valence-electron chi connectivity index (χ1n) is 8.77. The van der Waals surface area contributed by atoms with Gasteiger partial charge in [-0.05, 0) is 36.2 Å². The van der Waals surface area contributed by atoms with Crippen molar-refractivity contribution < 1.29 is 28.5 Å². The van der Waals surface area contributed by atoms with Gasteiger partial charge in [0.05, 0.1) is 25.7 Å². The first-order chi connectivity index (χ1) is 13.0. The van der Waals surface area contributed by atoms with Crippen LogP contribution in [0.2, 0.25) is 0 Å². The highest BCUT2D eigenvalue weighted by atomic mass is 16.6. The Hall–Kier alpha value is -3.02. The molecule has 3 rings (SSSR count). The number of rotatable bonds is 6. The molecule has 1 atom stereocenters. The van der Waals surface area contributed by atoms with Crippen molar-refractivity contribution in [2.75, 3.05) is 14.2 Å². The molecule has 1 aliphatic heterocycles. The van der Waals surface area contributed by atoms with Gasteiger partial charge in [-0.2, -0.15) is 0 Å². The van der Waals surface area contributed by atoms with Gasteiger partial charge in [-0.1, -0.05) is 19.9 Å². The summed E-state index contributed by atoms with van der Waals surface area (Å²) in [6.07, 6.45) is 0.665. The van der Waals surface area contributed by atoms with E-state index in [0.29, 0.717) is 34.8 Å². The minimum Gasteiger partial charge on any atom is -0.493 e. The molecule has 1 heterocycles. The molecule has 0 radical (unpaired) electrons. The molecule has 0 aliphatic carbocycles. The number of hydrogen-bond acceptors (Lipinski definition) is 6. The van der Waals surface area contributed by atoms with E-state index in [1.54, 1.807) is 24.3 Å². The normalized spacial score (nSPS) is 13.6. The number of methoxy groups -OCH3 is 2. The van der Waals surface area contributed by atoms with Crippen LogP contribution in [-0.4, -0.2) is 26.2 Å². The number of fused-ring (bicyclic) bond motifs is 1. The summed E-state index contributed by atoms with van der Waals surface area (Å²) in [4.78, 5) is 24.1. The van der Waals surface area contributed by atoms with Gasteiger partial charge in [-0.25, -0.2) is 4.79 Å². The summed E-state index contributed by atoms with van der Waals surface area (Å²) in [5.74, 6) is 0.191. The molecule has 27 heavy (non-hydrogen) atoms. The molecule has 6 heteroatoms. The van der Waals surface area contributed by atoms with E-state index in [4.69, 9.17) is 18.9 Å². The summed E-state index contributed by atoms with van der Waals surface area (Å²) in [5, 5.41) is 0. The Morgan fingerprint density at radius 3 is 2.52 bits per heavy atom. The molecular weight excluding hydrogens is 348 g/mol. The monoisotopic (exact) mass is 370 g/mol. The number of ether oxygens (including phenoxy) is 4. The largest absolute Gasteiger partial charge is 0.493 e. The van der Waals surface area contributed by atoms with Crippen molar-refractivity contribution in [3.63, 3.8) is 0 Å². The highest BCUT2D eigenvalue weighted by Crippen LogP contribution is 2.45. The fraction of sp³-hybridized carbons (Fsp3) is 0.333. The zero-order valence-corrected chi connectivity index (χ0v) is 15.8. The van der Waals surface area contributed by atoms with Crippen molar-refractivity contribution in [1.82, 2.24) is 0 Å². The Kier molecular flexibility index (Phi) is 5.35. The molecule has 2 aromatic carbocycles. The van der Waals surface area contributed by atoms with E-state index >= 15 is 0 Å². The van der Waals surface area contributed by atoms with Gasteiger partial charge in [-0.3, -0.25) is 4.79 Å². The van der Waals surface area contributed by atoms with Gasteiger partial charge in [-0.15, -0.1) is 0 Å². The lowest BCUT2D eigenvalue weighted by atomic mass is 9.99. The van der Waals surface area contributed by atoms with Crippen molar-refractivity contribution in [2.45, 2.75) is 26.9 Å². The van der Waals surface area contributed by atoms with Gasteiger partial charge in [0.25, 0.3) is 0 Å². The van der Waals surface area contributed by atoms with Crippen LogP contribution < -0.4 is 14.2 Å². The Morgan fingerprint density at radius 1 is 1.11 bits per heavy atom. The Balaban J connectivity index is 2.12. The summed E-state index contributed by atoms with van der Waals surface area (Å²) in [5.41, 5.74) is 2.82. The second kappa shape index (κ2) is 7.70. The van der Waals surface area contributed by atoms with Crippen LogP contribution in [0.5, 0.6) is 17.2 Å². The van der Waals surface area contributed by atoms with Crippen molar-refractivity contribution in [3.8, 4) is 28.4 Å². The number of benzene rings is 2. The number of carbonyl (C=O) groups is 2. The van der Waals surface area contributed by atoms with Crippen LogP contribution in [-0.2, 0) is 16.1 Å². The first-order valence-corrected chi connectivity index (χ1v) is 8.77. The number of cyclic esters (lactones) is 1. The second-order valence-electron chi connectivity index (χ2n) is 6.36. The smallest absolute Gasteiger partial charge is 0.338 e. The number of esters is 2. The van der Waals surface area contributed by atoms with Crippen LogP contribution in [0.3, 0.4) is 0 Å². The van der Waals surface area contributed by atoms with Gasteiger partial charge in [0.2, 0.25) is 5.75 Å². The quantitative estimate of drug-likeness (QED) is 0.566. The van der Waals surface area contributed by atoms with Crippen LogP contribution in [0, 0.1) is 5.92 Å². The maximum absolute atomic E-state index is 12.4. The Labute approximate surface area is 158 Å². The molecule has 0 bridgehead atoms.